The summed E-state index contributed by atoms with van der Waals surface area (Å²) in [5.74, 6) is -2.39. The second-order valence-corrected chi connectivity index (χ2v) is 7.42. The van der Waals surface area contributed by atoms with Crippen LogP contribution in [0.2, 0.25) is 0 Å². The van der Waals surface area contributed by atoms with Gasteiger partial charge < -0.3 is 20.3 Å². The van der Waals surface area contributed by atoms with Gasteiger partial charge in [0.15, 0.2) is 0 Å². The molecule has 2 aromatic rings. The van der Waals surface area contributed by atoms with Crippen LogP contribution in [-0.2, 0) is 16.2 Å². The number of aliphatic carboxylic acids is 1. The molecular weight excluding hydrogens is 507 g/mol. The lowest BCUT2D eigenvalue weighted by atomic mass is 10.1. The fourth-order valence-electron chi connectivity index (χ4n) is 2.65. The van der Waals surface area contributed by atoms with Crippen molar-refractivity contribution in [3.05, 3.63) is 68.4 Å². The Kier molecular flexibility index (Phi) is 6.35. The summed E-state index contributed by atoms with van der Waals surface area (Å²) in [6, 6.07) is 10.7. The van der Waals surface area contributed by atoms with E-state index >= 15 is 0 Å². The Balaban J connectivity index is 1.68. The van der Waals surface area contributed by atoms with Crippen LogP contribution in [-0.4, -0.2) is 45.5 Å². The van der Waals surface area contributed by atoms with Crippen molar-refractivity contribution in [3.8, 4) is 5.75 Å². The number of carboxylic acids is 2. The highest BCUT2D eigenvalue weighted by Gasteiger charge is 2.34. The second-order valence-electron chi connectivity index (χ2n) is 6.25. The number of ether oxygens (including phenoxy) is 1. The topological polar surface area (TPSA) is 133 Å². The van der Waals surface area contributed by atoms with Gasteiger partial charge in [-0.05, 0) is 64.1 Å². The number of urea groups is 1. The molecule has 9 nitrogen and oxygen atoms in total. The Labute approximate surface area is 184 Å². The molecule has 0 aromatic heterocycles. The molecule has 1 fully saturated rings. The number of aromatic carboxylic acids is 1. The number of carbonyl (C=O) groups is 4. The van der Waals surface area contributed by atoms with Gasteiger partial charge in [0, 0.05) is 0 Å². The lowest BCUT2D eigenvalue weighted by Gasteiger charge is -2.09. The van der Waals surface area contributed by atoms with Gasteiger partial charge in [-0.3, -0.25) is 9.59 Å². The Bertz CT molecular complexity index is 1060. The zero-order valence-electron chi connectivity index (χ0n) is 15.3. The van der Waals surface area contributed by atoms with Crippen LogP contribution < -0.4 is 10.1 Å². The van der Waals surface area contributed by atoms with E-state index in [4.69, 9.17) is 14.9 Å². The number of hydrogen-bond donors (Lipinski definition) is 3. The van der Waals surface area contributed by atoms with Crippen molar-refractivity contribution >= 4 is 52.5 Å². The van der Waals surface area contributed by atoms with E-state index in [2.05, 4.69) is 27.9 Å². The summed E-state index contributed by atoms with van der Waals surface area (Å²) in [5, 5.41) is 20.1. The number of amides is 3. The number of nitrogens with zero attached hydrogens (tertiary/aromatic N) is 1. The van der Waals surface area contributed by atoms with E-state index in [1.807, 2.05) is 0 Å². The summed E-state index contributed by atoms with van der Waals surface area (Å²) < 4.78 is 6.51. The monoisotopic (exact) mass is 522 g/mol. The first-order valence-corrected chi connectivity index (χ1v) is 9.63. The summed E-state index contributed by atoms with van der Waals surface area (Å²) in [5.41, 5.74) is 1.61. The van der Waals surface area contributed by atoms with Crippen LogP contribution in [0, 0.1) is 3.57 Å². The summed E-state index contributed by atoms with van der Waals surface area (Å²) >= 11 is 2.07. The van der Waals surface area contributed by atoms with Gasteiger partial charge >= 0.3 is 18.0 Å². The molecule has 3 amide bonds. The Hall–Kier alpha value is -3.41. The van der Waals surface area contributed by atoms with Gasteiger partial charge in [-0.1, -0.05) is 18.2 Å². The van der Waals surface area contributed by atoms with Crippen LogP contribution in [0.4, 0.5) is 4.79 Å². The van der Waals surface area contributed by atoms with Crippen molar-refractivity contribution in [1.82, 2.24) is 10.2 Å². The normalized spacial score (nSPS) is 14.7. The number of nitrogens with one attached hydrogen (secondary N) is 1. The highest BCUT2D eigenvalue weighted by Crippen LogP contribution is 2.25. The van der Waals surface area contributed by atoms with Gasteiger partial charge in [-0.2, -0.15) is 0 Å². The predicted octanol–water partition coefficient (Wildman–Crippen LogP) is 2.55. The van der Waals surface area contributed by atoms with Gasteiger partial charge in [-0.15, -0.1) is 0 Å². The van der Waals surface area contributed by atoms with Gasteiger partial charge in [0.05, 0.1) is 9.13 Å². The number of benzene rings is 2. The van der Waals surface area contributed by atoms with Gasteiger partial charge in [0.1, 0.15) is 24.6 Å². The van der Waals surface area contributed by atoms with Crippen LogP contribution in [0.25, 0.3) is 6.08 Å². The van der Waals surface area contributed by atoms with E-state index in [9.17, 15) is 19.2 Å². The molecule has 0 atom stereocenters. The predicted molar refractivity (Wildman–Crippen MR) is 113 cm³/mol. The van der Waals surface area contributed by atoms with Gasteiger partial charge in [0.25, 0.3) is 5.91 Å². The summed E-state index contributed by atoms with van der Waals surface area (Å²) in [6.45, 7) is -0.464. The molecule has 0 radical (unpaired) electrons. The zero-order valence-corrected chi connectivity index (χ0v) is 17.5. The van der Waals surface area contributed by atoms with E-state index in [0.717, 1.165) is 9.13 Å². The maximum atomic E-state index is 12.2. The summed E-state index contributed by atoms with van der Waals surface area (Å²) in [6.07, 6.45) is 1.46. The van der Waals surface area contributed by atoms with E-state index in [-0.39, 0.29) is 17.9 Å². The van der Waals surface area contributed by atoms with Crippen LogP contribution in [0.15, 0.2) is 48.2 Å². The minimum Gasteiger partial charge on any atom is -0.488 e. The molecule has 0 saturated carbocycles. The van der Waals surface area contributed by atoms with Crippen molar-refractivity contribution in [2.24, 2.45) is 0 Å². The SMILES string of the molecule is O=C(O)CN1C(=O)N/C(=C/c2ccc(OCc3ccc(C(=O)O)cc3)c(I)c2)C1=O. The summed E-state index contributed by atoms with van der Waals surface area (Å²) in [4.78, 5) is 46.2. The Morgan fingerprint density at radius 3 is 2.40 bits per heavy atom. The largest absolute Gasteiger partial charge is 0.488 e. The summed E-state index contributed by atoms with van der Waals surface area (Å²) in [7, 11) is 0. The molecule has 0 unspecified atom stereocenters. The molecule has 30 heavy (non-hydrogen) atoms. The molecule has 10 heteroatoms. The molecule has 0 aliphatic carbocycles. The minimum absolute atomic E-state index is 0.00996. The number of carboxylic acid groups (broad SMARTS) is 2. The van der Waals surface area contributed by atoms with Crippen molar-refractivity contribution < 1.29 is 34.1 Å². The third-order valence-electron chi connectivity index (χ3n) is 4.12. The molecule has 3 N–H and O–H groups in total. The Morgan fingerprint density at radius 2 is 1.80 bits per heavy atom. The molecular formula is C20H15IN2O7. The molecule has 1 aliphatic rings. The number of halogens is 1. The second kappa shape index (κ2) is 8.95. The third-order valence-corrected chi connectivity index (χ3v) is 4.96. The van der Waals surface area contributed by atoms with Crippen molar-refractivity contribution in [1.29, 1.82) is 0 Å². The molecule has 3 rings (SSSR count). The first kappa shape index (κ1) is 21.3. The van der Waals surface area contributed by atoms with Crippen molar-refractivity contribution in [2.75, 3.05) is 6.54 Å². The molecule has 2 aromatic carbocycles. The fraction of sp³-hybridized carbons (Fsp3) is 0.100. The van der Waals surface area contributed by atoms with E-state index < -0.39 is 30.4 Å². The third kappa shape index (κ3) is 4.95. The van der Waals surface area contributed by atoms with E-state index in [1.165, 1.54) is 18.2 Å². The number of rotatable bonds is 7. The van der Waals surface area contributed by atoms with E-state index in [0.29, 0.717) is 16.2 Å². The molecule has 1 heterocycles. The van der Waals surface area contributed by atoms with Crippen LogP contribution in [0.5, 0.6) is 5.75 Å². The maximum Gasteiger partial charge on any atom is 0.335 e. The molecule has 0 bridgehead atoms. The highest BCUT2D eigenvalue weighted by atomic mass is 127. The smallest absolute Gasteiger partial charge is 0.335 e. The molecule has 1 saturated heterocycles. The van der Waals surface area contributed by atoms with Crippen LogP contribution >= 0.6 is 22.6 Å². The quantitative estimate of drug-likeness (QED) is 0.289. The number of imide groups is 1. The van der Waals surface area contributed by atoms with Crippen molar-refractivity contribution in [3.63, 3.8) is 0 Å². The maximum absolute atomic E-state index is 12.2. The fourth-order valence-corrected chi connectivity index (χ4v) is 3.34. The first-order valence-electron chi connectivity index (χ1n) is 8.55. The first-order chi connectivity index (χ1) is 14.2. The van der Waals surface area contributed by atoms with Crippen LogP contribution in [0.3, 0.4) is 0 Å². The number of carbonyl (C=O) groups excluding carboxylic acids is 2. The highest BCUT2D eigenvalue weighted by molar-refractivity contribution is 14.1. The average Bonchev–Trinajstić information content (AvgIpc) is 2.94. The van der Waals surface area contributed by atoms with Crippen molar-refractivity contribution in [2.45, 2.75) is 6.61 Å². The molecule has 1 aliphatic heterocycles. The van der Waals surface area contributed by atoms with E-state index in [1.54, 1.807) is 30.3 Å². The molecule has 0 spiro atoms. The minimum atomic E-state index is -1.28. The zero-order chi connectivity index (χ0) is 21.8. The van der Waals surface area contributed by atoms with Crippen LogP contribution in [0.1, 0.15) is 21.5 Å². The molecule has 154 valence electrons. The van der Waals surface area contributed by atoms with Gasteiger partial charge in [0.2, 0.25) is 0 Å². The lowest BCUT2D eigenvalue weighted by Crippen LogP contribution is -2.35. The standard InChI is InChI=1S/C20H15IN2O7/c21-14-7-12(8-15-18(26)23(9-17(24)25)20(29)22-15)3-6-16(14)30-10-11-1-4-13(5-2-11)19(27)28/h1-8H,9-10H2,(H,22,29)(H,24,25)(H,27,28)/b15-8+. The van der Waals surface area contributed by atoms with Gasteiger partial charge in [-0.25, -0.2) is 14.5 Å². The average molecular weight is 522 g/mol. The lowest BCUT2D eigenvalue weighted by molar-refractivity contribution is -0.140. The number of hydrogen-bond acceptors (Lipinski definition) is 5. The Morgan fingerprint density at radius 1 is 1.10 bits per heavy atom.